The minimum atomic E-state index is -5.82. The van der Waals surface area contributed by atoms with E-state index in [-0.39, 0.29) is 12.0 Å². The van der Waals surface area contributed by atoms with Crippen LogP contribution < -0.4 is 0 Å². The highest BCUT2D eigenvalue weighted by molar-refractivity contribution is 7.18. The molecule has 0 N–H and O–H groups in total. The molecule has 1 atom stereocenters. The monoisotopic (exact) mass is 484 g/mol. The van der Waals surface area contributed by atoms with Gasteiger partial charge in [0.05, 0.1) is 6.20 Å². The van der Waals surface area contributed by atoms with Gasteiger partial charge in [0.1, 0.15) is 16.5 Å². The van der Waals surface area contributed by atoms with Crippen molar-refractivity contribution in [1.29, 1.82) is 0 Å². The van der Waals surface area contributed by atoms with Crippen LogP contribution >= 0.6 is 34.5 Å². The summed E-state index contributed by atoms with van der Waals surface area (Å²) in [7, 11) is 0. The second kappa shape index (κ2) is 8.20. The first-order valence-corrected chi connectivity index (χ1v) is 9.78. The zero-order valence-corrected chi connectivity index (χ0v) is 17.3. The summed E-state index contributed by atoms with van der Waals surface area (Å²) < 4.78 is 67.2. The Bertz CT molecular complexity index is 1080. The summed E-state index contributed by atoms with van der Waals surface area (Å²) in [5.41, 5.74) is -1.77. The van der Waals surface area contributed by atoms with Gasteiger partial charge in [-0.15, -0.1) is 0 Å². The number of carbonyl (C=O) groups is 1. The van der Waals surface area contributed by atoms with Crippen LogP contribution in [0.15, 0.2) is 30.7 Å². The zero-order valence-electron chi connectivity index (χ0n) is 14.9. The average Bonchev–Trinajstić information content (AvgIpc) is 3.28. The van der Waals surface area contributed by atoms with Crippen LogP contribution in [0.1, 0.15) is 41.0 Å². The smallest absolute Gasteiger partial charge is 0.294 e. The second-order valence-electron chi connectivity index (χ2n) is 6.31. The second-order valence-corrected chi connectivity index (χ2v) is 8.38. The first kappa shape index (κ1) is 22.6. The Morgan fingerprint density at radius 2 is 1.87 bits per heavy atom. The molecule has 2 aromatic heterocycles. The number of hydrogen-bond acceptors (Lipinski definition) is 5. The molecule has 0 bridgehead atoms. The van der Waals surface area contributed by atoms with Crippen LogP contribution in [0.3, 0.4) is 0 Å². The zero-order chi connectivity index (χ0) is 22.3. The van der Waals surface area contributed by atoms with Gasteiger partial charge in [-0.2, -0.15) is 31.7 Å². The number of Topliss-reactive ketones (excluding diaryl/α,β-unsaturated/α-hetero) is 1. The average molecular weight is 485 g/mol. The number of ketones is 1. The molecule has 0 aliphatic carbocycles. The fourth-order valence-electron chi connectivity index (χ4n) is 2.66. The Labute approximate surface area is 180 Å². The molecule has 0 saturated heterocycles. The SMILES string of the molecule is C[C@H](CC(=O)c1cc(Cl)cc(C(F)(F)C(F)(F)F)c1)c1ncnn1-c1ncc(Cl)s1. The van der Waals surface area contributed by atoms with Crippen molar-refractivity contribution in [3.8, 4) is 5.13 Å². The van der Waals surface area contributed by atoms with Gasteiger partial charge in [-0.05, 0) is 18.2 Å². The van der Waals surface area contributed by atoms with E-state index < -0.39 is 34.4 Å². The van der Waals surface area contributed by atoms with E-state index >= 15 is 0 Å². The number of thiazole rings is 1. The lowest BCUT2D eigenvalue weighted by Crippen LogP contribution is -2.33. The minimum Gasteiger partial charge on any atom is -0.294 e. The third kappa shape index (κ3) is 4.47. The third-order valence-electron chi connectivity index (χ3n) is 4.09. The number of alkyl halides is 5. The molecule has 0 radical (unpaired) electrons. The number of hydrogen-bond donors (Lipinski definition) is 0. The summed E-state index contributed by atoms with van der Waals surface area (Å²) in [6.07, 6.45) is -3.41. The largest absolute Gasteiger partial charge is 0.458 e. The van der Waals surface area contributed by atoms with E-state index in [0.717, 1.165) is 17.4 Å². The molecule has 0 spiro atoms. The normalized spacial score (nSPS) is 13.5. The molecule has 13 heteroatoms. The molecule has 160 valence electrons. The molecule has 3 rings (SSSR count). The third-order valence-corrected chi connectivity index (χ3v) is 5.40. The number of nitrogens with zero attached hydrogens (tertiary/aromatic N) is 4. The minimum absolute atomic E-state index is 0.241. The van der Waals surface area contributed by atoms with Crippen LogP contribution in [0.4, 0.5) is 22.0 Å². The molecule has 1 aromatic carbocycles. The fourth-order valence-corrected chi connectivity index (χ4v) is 3.76. The van der Waals surface area contributed by atoms with E-state index in [0.29, 0.717) is 27.4 Å². The molecule has 0 saturated carbocycles. The van der Waals surface area contributed by atoms with Crippen molar-refractivity contribution in [2.75, 3.05) is 0 Å². The van der Waals surface area contributed by atoms with Gasteiger partial charge in [0, 0.05) is 28.5 Å². The van der Waals surface area contributed by atoms with E-state index in [2.05, 4.69) is 15.1 Å². The summed E-state index contributed by atoms with van der Waals surface area (Å²) in [4.78, 5) is 20.8. The number of benzene rings is 1. The van der Waals surface area contributed by atoms with Gasteiger partial charge in [0.2, 0.25) is 5.13 Å². The summed E-state index contributed by atoms with van der Waals surface area (Å²) in [5, 5.41) is 4.02. The lowest BCUT2D eigenvalue weighted by Gasteiger charge is -2.20. The first-order chi connectivity index (χ1) is 13.9. The molecule has 5 nitrogen and oxygen atoms in total. The van der Waals surface area contributed by atoms with Crippen LogP contribution in [0.25, 0.3) is 5.13 Å². The Kier molecular flexibility index (Phi) is 6.17. The molecular weight excluding hydrogens is 474 g/mol. The topological polar surface area (TPSA) is 60.7 Å². The van der Waals surface area contributed by atoms with Crippen LogP contribution in [-0.2, 0) is 5.92 Å². The lowest BCUT2D eigenvalue weighted by molar-refractivity contribution is -0.289. The Morgan fingerprint density at radius 1 is 1.17 bits per heavy atom. The molecular formula is C17H11Cl2F5N4OS. The van der Waals surface area contributed by atoms with E-state index in [1.807, 2.05) is 0 Å². The van der Waals surface area contributed by atoms with Crippen molar-refractivity contribution in [1.82, 2.24) is 19.7 Å². The Balaban J connectivity index is 1.86. The van der Waals surface area contributed by atoms with Crippen molar-refractivity contribution in [2.45, 2.75) is 31.4 Å². The quantitative estimate of drug-likeness (QED) is 0.315. The maximum Gasteiger partial charge on any atom is 0.458 e. The van der Waals surface area contributed by atoms with Gasteiger partial charge in [-0.1, -0.05) is 41.5 Å². The highest BCUT2D eigenvalue weighted by Gasteiger charge is 2.58. The van der Waals surface area contributed by atoms with Crippen LogP contribution in [0.2, 0.25) is 9.36 Å². The molecule has 3 aromatic rings. The molecule has 2 heterocycles. The molecule has 0 aliphatic rings. The molecule has 0 amide bonds. The van der Waals surface area contributed by atoms with Crippen molar-refractivity contribution < 1.29 is 26.7 Å². The molecule has 0 aliphatic heterocycles. The van der Waals surface area contributed by atoms with Crippen LogP contribution in [-0.4, -0.2) is 31.7 Å². The summed E-state index contributed by atoms with van der Waals surface area (Å²) in [5.74, 6) is -6.05. The van der Waals surface area contributed by atoms with Gasteiger partial charge in [0.15, 0.2) is 5.78 Å². The Hall–Kier alpha value is -2.11. The lowest BCUT2D eigenvalue weighted by atomic mass is 9.96. The summed E-state index contributed by atoms with van der Waals surface area (Å²) in [6, 6.07) is 2.02. The summed E-state index contributed by atoms with van der Waals surface area (Å²) in [6.45, 7) is 1.63. The number of aromatic nitrogens is 4. The number of halogens is 7. The maximum atomic E-state index is 13.7. The first-order valence-electron chi connectivity index (χ1n) is 8.20. The van der Waals surface area contributed by atoms with Gasteiger partial charge < -0.3 is 0 Å². The van der Waals surface area contributed by atoms with Gasteiger partial charge in [-0.25, -0.2) is 9.97 Å². The fraction of sp³-hybridized carbons (Fsp3) is 0.294. The Morgan fingerprint density at radius 3 is 2.47 bits per heavy atom. The number of carbonyl (C=O) groups excluding carboxylic acids is 1. The van der Waals surface area contributed by atoms with Gasteiger partial charge in [-0.3, -0.25) is 4.79 Å². The van der Waals surface area contributed by atoms with Crippen LogP contribution in [0, 0.1) is 0 Å². The van der Waals surface area contributed by atoms with Crippen molar-refractivity contribution in [3.63, 3.8) is 0 Å². The van der Waals surface area contributed by atoms with E-state index in [4.69, 9.17) is 23.2 Å². The molecule has 30 heavy (non-hydrogen) atoms. The highest BCUT2D eigenvalue weighted by atomic mass is 35.5. The van der Waals surface area contributed by atoms with Crippen molar-refractivity contribution in [3.05, 3.63) is 57.0 Å². The van der Waals surface area contributed by atoms with Crippen molar-refractivity contribution >= 4 is 40.3 Å². The van der Waals surface area contributed by atoms with Crippen LogP contribution in [0.5, 0.6) is 0 Å². The highest BCUT2D eigenvalue weighted by Crippen LogP contribution is 2.44. The predicted molar refractivity (Wildman–Crippen MR) is 101 cm³/mol. The maximum absolute atomic E-state index is 13.7. The molecule has 0 unspecified atom stereocenters. The number of rotatable bonds is 6. The van der Waals surface area contributed by atoms with E-state index in [1.165, 1.54) is 17.2 Å². The van der Waals surface area contributed by atoms with Crippen molar-refractivity contribution in [2.24, 2.45) is 0 Å². The predicted octanol–water partition coefficient (Wildman–Crippen LogP) is 6.06. The molecule has 0 fully saturated rings. The van der Waals surface area contributed by atoms with Gasteiger partial charge in [0.25, 0.3) is 0 Å². The van der Waals surface area contributed by atoms with E-state index in [9.17, 15) is 26.7 Å². The van der Waals surface area contributed by atoms with E-state index in [1.54, 1.807) is 6.92 Å². The van der Waals surface area contributed by atoms with Gasteiger partial charge >= 0.3 is 12.1 Å². The summed E-state index contributed by atoms with van der Waals surface area (Å²) >= 11 is 12.7. The standard InChI is InChI=1S/C17H11Cl2F5N4OS/c1-8(14-26-7-27-28(14)15-25-6-13(19)30-15)2-12(29)9-3-10(5-11(18)4-9)16(20,21)17(22,23)24/h3-8H,2H2,1H3/t8-/m1/s1.